The molecule has 2 aromatic heterocycles. The van der Waals surface area contributed by atoms with E-state index in [-0.39, 0.29) is 29.5 Å². The molecule has 1 atom stereocenters. The molecule has 1 saturated heterocycles. The molecular formula is C19H24N4O4S2. The number of hydrogen-bond donors (Lipinski definition) is 2. The number of piperidine rings is 1. The summed E-state index contributed by atoms with van der Waals surface area (Å²) >= 11 is 2.78. The number of anilines is 1. The fraction of sp³-hybridized carbons (Fsp3) is 0.474. The normalized spacial score (nSPS) is 15.7. The summed E-state index contributed by atoms with van der Waals surface area (Å²) in [5.74, 6) is 0.955. The number of rotatable bonds is 7. The van der Waals surface area contributed by atoms with E-state index >= 15 is 0 Å². The topological polar surface area (TPSA) is 105 Å². The Bertz CT molecular complexity index is 844. The van der Waals surface area contributed by atoms with Crippen molar-refractivity contribution in [3.05, 3.63) is 34.2 Å². The lowest BCUT2D eigenvalue weighted by atomic mass is 10.0. The van der Waals surface area contributed by atoms with E-state index in [1.54, 1.807) is 30.9 Å². The molecular weight excluding hydrogens is 412 g/mol. The van der Waals surface area contributed by atoms with Crippen LogP contribution in [0.1, 0.15) is 35.9 Å². The van der Waals surface area contributed by atoms with Crippen molar-refractivity contribution in [3.63, 3.8) is 0 Å². The molecule has 29 heavy (non-hydrogen) atoms. The average Bonchev–Trinajstić information content (AvgIpc) is 3.38. The largest absolute Gasteiger partial charge is 0.360 e. The van der Waals surface area contributed by atoms with E-state index in [1.165, 1.54) is 23.1 Å². The van der Waals surface area contributed by atoms with Gasteiger partial charge in [0.05, 0.1) is 11.0 Å². The third kappa shape index (κ3) is 6.07. The average molecular weight is 437 g/mol. The van der Waals surface area contributed by atoms with Crippen LogP contribution in [0, 0.1) is 6.92 Å². The summed E-state index contributed by atoms with van der Waals surface area (Å²) in [7, 11) is 0. The first-order valence-electron chi connectivity index (χ1n) is 9.39. The van der Waals surface area contributed by atoms with E-state index in [0.717, 1.165) is 12.8 Å². The lowest BCUT2D eigenvalue weighted by molar-refractivity contribution is -0.129. The number of thiophene rings is 1. The minimum Gasteiger partial charge on any atom is -0.360 e. The maximum Gasteiger partial charge on any atom is 0.252 e. The molecule has 1 aliphatic heterocycles. The van der Waals surface area contributed by atoms with Crippen molar-refractivity contribution >= 4 is 46.6 Å². The minimum atomic E-state index is -0.390. The molecule has 3 heterocycles. The molecule has 3 amide bonds. The SMILES string of the molecule is Cc1cc(NC(=O)C(C)SCC(=O)N2CCC(NC(=O)c3ccsc3)CC2)no1. The van der Waals surface area contributed by atoms with Gasteiger partial charge >= 0.3 is 0 Å². The number of nitrogens with one attached hydrogen (secondary N) is 2. The smallest absolute Gasteiger partial charge is 0.252 e. The molecule has 0 aliphatic carbocycles. The molecule has 3 rings (SSSR count). The van der Waals surface area contributed by atoms with Crippen molar-refractivity contribution in [1.82, 2.24) is 15.4 Å². The van der Waals surface area contributed by atoms with E-state index in [0.29, 0.717) is 30.2 Å². The first kappa shape index (κ1) is 21.4. The van der Waals surface area contributed by atoms with Crippen LogP contribution in [0.2, 0.25) is 0 Å². The molecule has 0 saturated carbocycles. The Labute approximate surface area is 177 Å². The molecule has 0 aromatic carbocycles. The van der Waals surface area contributed by atoms with Crippen LogP contribution in [0.15, 0.2) is 27.4 Å². The van der Waals surface area contributed by atoms with Crippen molar-refractivity contribution in [3.8, 4) is 0 Å². The van der Waals surface area contributed by atoms with Crippen LogP contribution in [-0.4, -0.2) is 57.9 Å². The Morgan fingerprint density at radius 3 is 2.76 bits per heavy atom. The number of hydrogen-bond acceptors (Lipinski definition) is 7. The zero-order valence-corrected chi connectivity index (χ0v) is 18.0. The molecule has 1 unspecified atom stereocenters. The molecule has 2 N–H and O–H groups in total. The van der Waals surface area contributed by atoms with Gasteiger partial charge in [0, 0.05) is 36.1 Å². The summed E-state index contributed by atoms with van der Waals surface area (Å²) in [5, 5.41) is 12.7. The molecule has 2 aromatic rings. The summed E-state index contributed by atoms with van der Waals surface area (Å²) in [6.45, 7) is 4.71. The number of amides is 3. The molecule has 0 bridgehead atoms. The van der Waals surface area contributed by atoms with Gasteiger partial charge in [-0.25, -0.2) is 0 Å². The standard InChI is InChI=1S/C19H24N4O4S2/c1-12-9-16(22-27-12)21-18(25)13(2)29-11-17(24)23-6-3-15(4-7-23)20-19(26)14-5-8-28-10-14/h5,8-10,13,15H,3-4,6-7,11H2,1-2H3,(H,20,26)(H,21,22,25). The monoisotopic (exact) mass is 436 g/mol. The van der Waals surface area contributed by atoms with E-state index in [1.807, 2.05) is 10.8 Å². The van der Waals surface area contributed by atoms with Crippen molar-refractivity contribution < 1.29 is 18.9 Å². The zero-order valence-electron chi connectivity index (χ0n) is 16.3. The summed E-state index contributed by atoms with van der Waals surface area (Å²) in [5.41, 5.74) is 0.679. The first-order chi connectivity index (χ1) is 13.9. The Morgan fingerprint density at radius 2 is 2.14 bits per heavy atom. The van der Waals surface area contributed by atoms with Crippen LogP contribution in [0.3, 0.4) is 0 Å². The molecule has 0 spiro atoms. The van der Waals surface area contributed by atoms with Gasteiger partial charge in [0.2, 0.25) is 11.8 Å². The van der Waals surface area contributed by atoms with Crippen molar-refractivity contribution in [2.45, 2.75) is 38.0 Å². The predicted octanol–water partition coefficient (Wildman–Crippen LogP) is 2.53. The van der Waals surface area contributed by atoms with E-state index in [4.69, 9.17) is 4.52 Å². The maximum absolute atomic E-state index is 12.5. The lowest BCUT2D eigenvalue weighted by Gasteiger charge is -2.32. The molecule has 8 nitrogen and oxygen atoms in total. The van der Waals surface area contributed by atoms with Crippen LogP contribution in [-0.2, 0) is 9.59 Å². The number of likely N-dealkylation sites (tertiary alicyclic amines) is 1. The number of thioether (sulfide) groups is 1. The fourth-order valence-electron chi connectivity index (χ4n) is 2.95. The van der Waals surface area contributed by atoms with Crippen LogP contribution in [0.25, 0.3) is 0 Å². The van der Waals surface area contributed by atoms with Gasteiger partial charge in [-0.15, -0.1) is 11.8 Å². The molecule has 1 fully saturated rings. The highest BCUT2D eigenvalue weighted by Gasteiger charge is 2.25. The minimum absolute atomic E-state index is 0.00883. The highest BCUT2D eigenvalue weighted by molar-refractivity contribution is 8.01. The van der Waals surface area contributed by atoms with Crippen LogP contribution < -0.4 is 10.6 Å². The number of carbonyl (C=O) groups is 3. The van der Waals surface area contributed by atoms with Gasteiger partial charge in [-0.05, 0) is 38.1 Å². The van der Waals surface area contributed by atoms with Crippen molar-refractivity contribution in [2.24, 2.45) is 0 Å². The summed E-state index contributed by atoms with van der Waals surface area (Å²) in [4.78, 5) is 38.6. The fourth-order valence-corrected chi connectivity index (χ4v) is 4.37. The lowest BCUT2D eigenvalue weighted by Crippen LogP contribution is -2.47. The van der Waals surface area contributed by atoms with Gasteiger partial charge in [-0.3, -0.25) is 14.4 Å². The zero-order chi connectivity index (χ0) is 20.8. The van der Waals surface area contributed by atoms with E-state index < -0.39 is 5.25 Å². The molecule has 156 valence electrons. The summed E-state index contributed by atoms with van der Waals surface area (Å²) < 4.78 is 4.92. The van der Waals surface area contributed by atoms with Crippen LogP contribution in [0.4, 0.5) is 5.82 Å². The molecule has 1 aliphatic rings. The van der Waals surface area contributed by atoms with E-state index in [2.05, 4.69) is 15.8 Å². The van der Waals surface area contributed by atoms with Crippen molar-refractivity contribution in [1.29, 1.82) is 0 Å². The Hall–Kier alpha value is -2.33. The Kier molecular flexibility index (Phi) is 7.32. The first-order valence-corrected chi connectivity index (χ1v) is 11.4. The van der Waals surface area contributed by atoms with Gasteiger partial charge in [-0.1, -0.05) is 5.16 Å². The highest BCUT2D eigenvalue weighted by atomic mass is 32.2. The number of aryl methyl sites for hydroxylation is 1. The number of nitrogens with zero attached hydrogens (tertiary/aromatic N) is 2. The Balaban J connectivity index is 1.37. The van der Waals surface area contributed by atoms with Crippen LogP contribution in [0.5, 0.6) is 0 Å². The second-order valence-electron chi connectivity index (χ2n) is 6.91. The van der Waals surface area contributed by atoms with Gasteiger partial charge in [0.15, 0.2) is 5.82 Å². The summed E-state index contributed by atoms with van der Waals surface area (Å²) in [6.07, 6.45) is 1.46. The second kappa shape index (κ2) is 9.93. The van der Waals surface area contributed by atoms with Gasteiger partial charge in [0.25, 0.3) is 5.91 Å². The number of carbonyl (C=O) groups excluding carboxylic acids is 3. The molecule has 0 radical (unpaired) electrons. The van der Waals surface area contributed by atoms with Gasteiger partial charge < -0.3 is 20.1 Å². The Morgan fingerprint density at radius 1 is 1.38 bits per heavy atom. The third-order valence-corrected chi connectivity index (χ3v) is 6.48. The molecule has 10 heteroatoms. The maximum atomic E-state index is 12.5. The van der Waals surface area contributed by atoms with Crippen LogP contribution >= 0.6 is 23.1 Å². The predicted molar refractivity (Wildman–Crippen MR) is 113 cm³/mol. The van der Waals surface area contributed by atoms with Gasteiger partial charge in [0.1, 0.15) is 5.76 Å². The summed E-state index contributed by atoms with van der Waals surface area (Å²) in [6, 6.07) is 3.52. The quantitative estimate of drug-likeness (QED) is 0.691. The second-order valence-corrected chi connectivity index (χ2v) is 9.01. The number of aromatic nitrogens is 1. The van der Waals surface area contributed by atoms with E-state index in [9.17, 15) is 14.4 Å². The third-order valence-electron chi connectivity index (χ3n) is 4.67. The van der Waals surface area contributed by atoms with Crippen molar-refractivity contribution in [2.75, 3.05) is 24.2 Å². The van der Waals surface area contributed by atoms with Gasteiger partial charge in [-0.2, -0.15) is 11.3 Å². The highest BCUT2D eigenvalue weighted by Crippen LogP contribution is 2.17.